The minimum Gasteiger partial charge on any atom is -0.469 e. The van der Waals surface area contributed by atoms with Crippen LogP contribution in [-0.2, 0) is 14.9 Å². The first-order valence-electron chi connectivity index (χ1n) is 7.58. The molecule has 0 saturated heterocycles. The average molecular weight is 401 g/mol. The van der Waals surface area contributed by atoms with Crippen LogP contribution in [0.25, 0.3) is 5.52 Å². The Bertz CT molecular complexity index is 778. The molecule has 7 heteroatoms. The highest BCUT2D eigenvalue weighted by Crippen LogP contribution is 2.48. The van der Waals surface area contributed by atoms with Crippen LogP contribution in [0.5, 0.6) is 0 Å². The highest BCUT2D eigenvalue weighted by molar-refractivity contribution is 9.10. The topological polar surface area (TPSA) is 56.5 Å². The van der Waals surface area contributed by atoms with Crippen molar-refractivity contribution in [1.82, 2.24) is 14.4 Å². The summed E-state index contributed by atoms with van der Waals surface area (Å²) in [5.74, 6) is 0.751. The lowest BCUT2D eigenvalue weighted by Crippen LogP contribution is -2.42. The van der Waals surface area contributed by atoms with Crippen molar-refractivity contribution < 1.29 is 9.53 Å². The van der Waals surface area contributed by atoms with Gasteiger partial charge in [0.2, 0.25) is 0 Å². The molecule has 1 aliphatic carbocycles. The molecule has 1 saturated carbocycles. The van der Waals surface area contributed by atoms with E-state index in [1.54, 1.807) is 6.20 Å². The van der Waals surface area contributed by atoms with E-state index in [0.717, 1.165) is 30.6 Å². The van der Waals surface area contributed by atoms with E-state index < -0.39 is 5.41 Å². The lowest BCUT2D eigenvalue weighted by atomic mass is 9.63. The third-order valence-corrected chi connectivity index (χ3v) is 5.75. The van der Waals surface area contributed by atoms with E-state index in [2.05, 4.69) is 27.8 Å². The molecule has 2 heterocycles. The molecule has 0 aliphatic heterocycles. The van der Waals surface area contributed by atoms with Gasteiger partial charge in [0.15, 0.2) is 5.15 Å². The lowest BCUT2D eigenvalue weighted by molar-refractivity contribution is -0.155. The number of aromatic nitrogens is 3. The molecule has 0 N–H and O–H groups in total. The summed E-state index contributed by atoms with van der Waals surface area (Å²) in [5.41, 5.74) is 0.0354. The van der Waals surface area contributed by atoms with Crippen LogP contribution in [0.3, 0.4) is 0 Å². The SMILES string of the molecule is COC(=O)C1(C)CCCC(C)(c2nc(Br)c3c(Cl)nccn23)C1. The minimum atomic E-state index is -0.489. The Hall–Kier alpha value is -1.14. The number of nitrogens with zero attached hydrogens (tertiary/aromatic N) is 3. The first-order chi connectivity index (χ1) is 10.8. The lowest BCUT2D eigenvalue weighted by Gasteiger charge is -2.42. The molecule has 0 spiro atoms. The second-order valence-corrected chi connectivity index (χ2v) is 7.92. The quantitative estimate of drug-likeness (QED) is 0.710. The summed E-state index contributed by atoms with van der Waals surface area (Å²) in [6, 6.07) is 0. The molecule has 2 unspecified atom stereocenters. The molecular weight excluding hydrogens is 382 g/mol. The van der Waals surface area contributed by atoms with Gasteiger partial charge in [0.05, 0.1) is 12.5 Å². The molecule has 2 atom stereocenters. The molecule has 0 aromatic carbocycles. The molecule has 2 aromatic heterocycles. The van der Waals surface area contributed by atoms with Crippen molar-refractivity contribution in [1.29, 1.82) is 0 Å². The summed E-state index contributed by atoms with van der Waals surface area (Å²) in [4.78, 5) is 21.1. The van der Waals surface area contributed by atoms with Crippen LogP contribution in [0.1, 0.15) is 45.4 Å². The van der Waals surface area contributed by atoms with Crippen molar-refractivity contribution in [2.24, 2.45) is 5.41 Å². The van der Waals surface area contributed by atoms with Crippen LogP contribution in [0, 0.1) is 5.41 Å². The van der Waals surface area contributed by atoms with Crippen molar-refractivity contribution in [3.8, 4) is 0 Å². The second-order valence-electron chi connectivity index (χ2n) is 6.81. The molecule has 3 rings (SSSR count). The largest absolute Gasteiger partial charge is 0.469 e. The first-order valence-corrected chi connectivity index (χ1v) is 8.75. The predicted molar refractivity (Wildman–Crippen MR) is 91.6 cm³/mol. The highest BCUT2D eigenvalue weighted by Gasteiger charge is 2.47. The molecule has 0 bridgehead atoms. The van der Waals surface area contributed by atoms with Gasteiger partial charge in [0.1, 0.15) is 15.9 Å². The van der Waals surface area contributed by atoms with Crippen molar-refractivity contribution in [3.63, 3.8) is 0 Å². The van der Waals surface area contributed by atoms with E-state index in [1.807, 2.05) is 17.5 Å². The fourth-order valence-electron chi connectivity index (χ4n) is 3.91. The fraction of sp³-hybridized carbons (Fsp3) is 0.562. The molecular formula is C16H19BrClN3O2. The van der Waals surface area contributed by atoms with Gasteiger partial charge in [-0.1, -0.05) is 24.9 Å². The van der Waals surface area contributed by atoms with Crippen molar-refractivity contribution >= 4 is 39.0 Å². The summed E-state index contributed by atoms with van der Waals surface area (Å²) in [6.07, 6.45) is 6.97. The van der Waals surface area contributed by atoms with E-state index >= 15 is 0 Å². The number of hydrogen-bond donors (Lipinski definition) is 0. The number of carbonyl (C=O) groups excluding carboxylic acids is 1. The number of methoxy groups -OCH3 is 1. The van der Waals surface area contributed by atoms with E-state index in [-0.39, 0.29) is 11.4 Å². The van der Waals surface area contributed by atoms with Gasteiger partial charge in [-0.25, -0.2) is 9.97 Å². The van der Waals surface area contributed by atoms with Crippen LogP contribution in [0.4, 0.5) is 0 Å². The van der Waals surface area contributed by atoms with E-state index in [4.69, 9.17) is 21.3 Å². The maximum atomic E-state index is 12.2. The van der Waals surface area contributed by atoms with Crippen molar-refractivity contribution in [3.05, 3.63) is 28.0 Å². The van der Waals surface area contributed by atoms with Gasteiger partial charge in [-0.05, 0) is 42.1 Å². The summed E-state index contributed by atoms with van der Waals surface area (Å²) in [7, 11) is 1.45. The Balaban J connectivity index is 2.10. The van der Waals surface area contributed by atoms with E-state index in [0.29, 0.717) is 16.2 Å². The first kappa shape index (κ1) is 16.7. The van der Waals surface area contributed by atoms with Gasteiger partial charge in [0, 0.05) is 17.8 Å². The maximum absolute atomic E-state index is 12.2. The zero-order valence-corrected chi connectivity index (χ0v) is 15.7. The standard InChI is InChI=1S/C16H19BrClN3O2/c1-15(5-4-6-16(2,9-15)14(22)23-3)13-20-11(17)10-12(18)19-7-8-21(10)13/h7-8H,4-6,9H2,1-3H3. The van der Waals surface area contributed by atoms with Crippen molar-refractivity contribution in [2.75, 3.05) is 7.11 Å². The second kappa shape index (κ2) is 5.74. The van der Waals surface area contributed by atoms with Gasteiger partial charge < -0.3 is 4.74 Å². The normalized spacial score (nSPS) is 28.0. The van der Waals surface area contributed by atoms with Crippen LogP contribution in [-0.4, -0.2) is 27.4 Å². The molecule has 5 nitrogen and oxygen atoms in total. The Labute approximate surface area is 148 Å². The van der Waals surface area contributed by atoms with Crippen LogP contribution >= 0.6 is 27.5 Å². The zero-order valence-electron chi connectivity index (χ0n) is 13.4. The summed E-state index contributed by atoms with van der Waals surface area (Å²) in [6.45, 7) is 4.14. The average Bonchev–Trinajstić information content (AvgIpc) is 2.85. The van der Waals surface area contributed by atoms with Gasteiger partial charge in [0.25, 0.3) is 0 Å². The molecule has 0 amide bonds. The number of halogens is 2. The molecule has 0 radical (unpaired) electrons. The maximum Gasteiger partial charge on any atom is 0.311 e. The van der Waals surface area contributed by atoms with E-state index in [9.17, 15) is 4.79 Å². The Morgan fingerprint density at radius 3 is 2.87 bits per heavy atom. The zero-order chi connectivity index (χ0) is 16.8. The number of esters is 1. The molecule has 2 aromatic rings. The summed E-state index contributed by atoms with van der Waals surface area (Å²) < 4.78 is 7.68. The Morgan fingerprint density at radius 2 is 2.17 bits per heavy atom. The van der Waals surface area contributed by atoms with Crippen LogP contribution in [0.2, 0.25) is 5.15 Å². The number of hydrogen-bond acceptors (Lipinski definition) is 4. The summed E-state index contributed by atoms with van der Waals surface area (Å²) >= 11 is 9.70. The summed E-state index contributed by atoms with van der Waals surface area (Å²) in [5, 5.41) is 0.410. The third kappa shape index (κ3) is 2.66. The van der Waals surface area contributed by atoms with Crippen molar-refractivity contribution in [2.45, 2.75) is 44.9 Å². The Morgan fingerprint density at radius 1 is 1.43 bits per heavy atom. The Kier molecular flexibility index (Phi) is 4.17. The molecule has 23 heavy (non-hydrogen) atoms. The fourth-order valence-corrected chi connectivity index (χ4v) is 4.80. The number of carbonyl (C=O) groups is 1. The number of ether oxygens (including phenoxy) is 1. The van der Waals surface area contributed by atoms with Crippen LogP contribution in [0.15, 0.2) is 17.0 Å². The molecule has 1 aliphatic rings. The predicted octanol–water partition coefficient (Wildman–Crippen LogP) is 4.16. The van der Waals surface area contributed by atoms with Gasteiger partial charge in [-0.3, -0.25) is 9.20 Å². The van der Waals surface area contributed by atoms with Gasteiger partial charge >= 0.3 is 5.97 Å². The van der Waals surface area contributed by atoms with E-state index in [1.165, 1.54) is 7.11 Å². The minimum absolute atomic E-state index is 0.150. The van der Waals surface area contributed by atoms with Crippen LogP contribution < -0.4 is 0 Å². The number of rotatable bonds is 2. The highest BCUT2D eigenvalue weighted by atomic mass is 79.9. The molecule has 124 valence electrons. The molecule has 1 fully saturated rings. The number of fused-ring (bicyclic) bond motifs is 1. The monoisotopic (exact) mass is 399 g/mol. The number of imidazole rings is 1. The van der Waals surface area contributed by atoms with Gasteiger partial charge in [-0.15, -0.1) is 0 Å². The smallest absolute Gasteiger partial charge is 0.311 e. The third-order valence-electron chi connectivity index (χ3n) is 4.92. The van der Waals surface area contributed by atoms with Gasteiger partial charge in [-0.2, -0.15) is 0 Å².